The Bertz CT molecular complexity index is 277. The van der Waals surface area contributed by atoms with Gasteiger partial charge in [-0.2, -0.15) is 0 Å². The molecule has 0 aromatic rings. The van der Waals surface area contributed by atoms with Crippen molar-refractivity contribution in [1.29, 1.82) is 0 Å². The van der Waals surface area contributed by atoms with E-state index in [2.05, 4.69) is 36.5 Å². The SMILES string of the molecule is C#CC(C)(C)N1CC2CCCN2CC1C. The molecule has 2 nitrogen and oxygen atoms in total. The van der Waals surface area contributed by atoms with Crippen LogP contribution in [0, 0.1) is 12.3 Å². The summed E-state index contributed by atoms with van der Waals surface area (Å²) in [6, 6.07) is 1.35. The van der Waals surface area contributed by atoms with E-state index >= 15 is 0 Å². The number of fused-ring (bicyclic) bond motifs is 1. The van der Waals surface area contributed by atoms with E-state index in [1.807, 2.05) is 0 Å². The number of terminal acetylenes is 1. The maximum atomic E-state index is 5.63. The number of nitrogens with zero attached hydrogens (tertiary/aromatic N) is 2. The van der Waals surface area contributed by atoms with Crippen molar-refractivity contribution in [2.24, 2.45) is 0 Å². The Labute approximate surface area is 93.6 Å². The van der Waals surface area contributed by atoms with Gasteiger partial charge in [0.25, 0.3) is 0 Å². The Morgan fingerprint density at radius 3 is 2.73 bits per heavy atom. The van der Waals surface area contributed by atoms with Crippen molar-refractivity contribution in [2.45, 2.75) is 51.2 Å². The van der Waals surface area contributed by atoms with Crippen molar-refractivity contribution in [3.05, 3.63) is 0 Å². The summed E-state index contributed by atoms with van der Waals surface area (Å²) in [5, 5.41) is 0. The number of hydrogen-bond donors (Lipinski definition) is 0. The fourth-order valence-corrected chi connectivity index (χ4v) is 3.05. The molecule has 84 valence electrons. The van der Waals surface area contributed by atoms with Crippen LogP contribution in [0.1, 0.15) is 33.6 Å². The second kappa shape index (κ2) is 3.81. The highest BCUT2D eigenvalue weighted by molar-refractivity contribution is 5.11. The van der Waals surface area contributed by atoms with Gasteiger partial charge < -0.3 is 0 Å². The molecule has 0 amide bonds. The number of hydrogen-bond acceptors (Lipinski definition) is 2. The molecular formula is C13H22N2. The summed E-state index contributed by atoms with van der Waals surface area (Å²) in [6.07, 6.45) is 8.35. The molecule has 2 heteroatoms. The van der Waals surface area contributed by atoms with Crippen LogP contribution in [0.3, 0.4) is 0 Å². The monoisotopic (exact) mass is 206 g/mol. The number of piperazine rings is 1. The Morgan fingerprint density at radius 2 is 2.07 bits per heavy atom. The Morgan fingerprint density at radius 1 is 1.33 bits per heavy atom. The van der Waals surface area contributed by atoms with Crippen LogP contribution in [0.4, 0.5) is 0 Å². The molecule has 0 saturated carbocycles. The quantitative estimate of drug-likeness (QED) is 0.601. The zero-order valence-electron chi connectivity index (χ0n) is 10.2. The summed E-state index contributed by atoms with van der Waals surface area (Å²) in [5.74, 6) is 2.93. The zero-order chi connectivity index (χ0) is 11.1. The van der Waals surface area contributed by atoms with Gasteiger partial charge in [0.2, 0.25) is 0 Å². The summed E-state index contributed by atoms with van der Waals surface area (Å²) in [5.41, 5.74) is -0.0892. The third-order valence-electron chi connectivity index (χ3n) is 4.01. The first-order valence-electron chi connectivity index (χ1n) is 6.03. The van der Waals surface area contributed by atoms with Gasteiger partial charge in [-0.15, -0.1) is 6.42 Å². The normalized spacial score (nSPS) is 33.7. The highest BCUT2D eigenvalue weighted by Gasteiger charge is 2.39. The van der Waals surface area contributed by atoms with Gasteiger partial charge in [0, 0.05) is 25.2 Å². The molecule has 2 aliphatic heterocycles. The van der Waals surface area contributed by atoms with Crippen LogP contribution in [0.2, 0.25) is 0 Å². The standard InChI is InChI=1S/C13H22N2/c1-5-13(3,4)15-10-12-7-6-8-14(12)9-11(15)2/h1,11-12H,6-10H2,2-4H3. The fourth-order valence-electron chi connectivity index (χ4n) is 3.05. The topological polar surface area (TPSA) is 6.48 Å². The molecule has 0 aliphatic carbocycles. The lowest BCUT2D eigenvalue weighted by atomic mass is 9.97. The molecular weight excluding hydrogens is 184 g/mol. The van der Waals surface area contributed by atoms with E-state index in [4.69, 9.17) is 6.42 Å². The molecule has 0 bridgehead atoms. The Hall–Kier alpha value is -0.520. The maximum absolute atomic E-state index is 5.63. The molecule has 0 spiro atoms. The van der Waals surface area contributed by atoms with Gasteiger partial charge >= 0.3 is 0 Å². The van der Waals surface area contributed by atoms with E-state index in [0.29, 0.717) is 6.04 Å². The molecule has 0 aromatic heterocycles. The van der Waals surface area contributed by atoms with E-state index in [0.717, 1.165) is 12.6 Å². The maximum Gasteiger partial charge on any atom is 0.0769 e. The minimum Gasteiger partial charge on any atom is -0.298 e. The second-order valence-electron chi connectivity index (χ2n) is 5.50. The van der Waals surface area contributed by atoms with E-state index < -0.39 is 0 Å². The molecule has 15 heavy (non-hydrogen) atoms. The fraction of sp³-hybridized carbons (Fsp3) is 0.846. The summed E-state index contributed by atoms with van der Waals surface area (Å²) in [4.78, 5) is 5.13. The van der Waals surface area contributed by atoms with Crippen molar-refractivity contribution in [3.8, 4) is 12.3 Å². The first-order valence-corrected chi connectivity index (χ1v) is 6.03. The average Bonchev–Trinajstić information content (AvgIpc) is 2.63. The van der Waals surface area contributed by atoms with Crippen LogP contribution in [-0.4, -0.2) is 47.1 Å². The highest BCUT2D eigenvalue weighted by atomic mass is 15.3. The van der Waals surface area contributed by atoms with Gasteiger partial charge in [-0.25, -0.2) is 0 Å². The van der Waals surface area contributed by atoms with E-state index in [1.54, 1.807) is 0 Å². The van der Waals surface area contributed by atoms with Crippen LogP contribution in [-0.2, 0) is 0 Å². The lowest BCUT2D eigenvalue weighted by Gasteiger charge is -2.48. The first-order chi connectivity index (χ1) is 7.04. The van der Waals surface area contributed by atoms with Gasteiger partial charge in [0.1, 0.15) is 0 Å². The molecule has 0 aromatic carbocycles. The van der Waals surface area contributed by atoms with Crippen LogP contribution in [0.5, 0.6) is 0 Å². The lowest BCUT2D eigenvalue weighted by Crippen LogP contribution is -2.60. The van der Waals surface area contributed by atoms with Gasteiger partial charge in [-0.1, -0.05) is 5.92 Å². The summed E-state index contributed by atoms with van der Waals surface area (Å²) in [7, 11) is 0. The van der Waals surface area contributed by atoms with Crippen molar-refractivity contribution < 1.29 is 0 Å². The van der Waals surface area contributed by atoms with Crippen LogP contribution >= 0.6 is 0 Å². The summed E-state index contributed by atoms with van der Waals surface area (Å²) >= 11 is 0. The Balaban J connectivity index is 2.11. The van der Waals surface area contributed by atoms with Crippen molar-refractivity contribution >= 4 is 0 Å². The molecule has 0 N–H and O–H groups in total. The van der Waals surface area contributed by atoms with Crippen molar-refractivity contribution in [3.63, 3.8) is 0 Å². The largest absolute Gasteiger partial charge is 0.298 e. The lowest BCUT2D eigenvalue weighted by molar-refractivity contribution is 0.0150. The minimum absolute atomic E-state index is 0.0892. The smallest absolute Gasteiger partial charge is 0.0769 e. The predicted molar refractivity (Wildman–Crippen MR) is 63.7 cm³/mol. The van der Waals surface area contributed by atoms with Gasteiger partial charge in [0.05, 0.1) is 5.54 Å². The van der Waals surface area contributed by atoms with E-state index in [-0.39, 0.29) is 5.54 Å². The van der Waals surface area contributed by atoms with Crippen LogP contribution in [0.25, 0.3) is 0 Å². The Kier molecular flexibility index (Phi) is 2.79. The predicted octanol–water partition coefficient (Wildman–Crippen LogP) is 1.57. The van der Waals surface area contributed by atoms with Gasteiger partial charge in [-0.3, -0.25) is 9.80 Å². The molecule has 2 unspecified atom stereocenters. The molecule has 2 atom stereocenters. The van der Waals surface area contributed by atoms with Crippen LogP contribution < -0.4 is 0 Å². The first kappa shape index (κ1) is 11.0. The van der Waals surface area contributed by atoms with Crippen molar-refractivity contribution in [2.75, 3.05) is 19.6 Å². The molecule has 2 heterocycles. The van der Waals surface area contributed by atoms with Crippen molar-refractivity contribution in [1.82, 2.24) is 9.80 Å². The third-order valence-corrected chi connectivity index (χ3v) is 4.01. The molecule has 2 fully saturated rings. The summed E-state index contributed by atoms with van der Waals surface area (Å²) < 4.78 is 0. The highest BCUT2D eigenvalue weighted by Crippen LogP contribution is 2.29. The second-order valence-corrected chi connectivity index (χ2v) is 5.50. The zero-order valence-corrected chi connectivity index (χ0v) is 10.2. The van der Waals surface area contributed by atoms with Gasteiger partial charge in [-0.05, 0) is 40.2 Å². The van der Waals surface area contributed by atoms with E-state index in [1.165, 1.54) is 25.9 Å². The molecule has 2 aliphatic rings. The van der Waals surface area contributed by atoms with E-state index in [9.17, 15) is 0 Å². The average molecular weight is 206 g/mol. The molecule has 2 saturated heterocycles. The molecule has 0 radical (unpaired) electrons. The minimum atomic E-state index is -0.0892. The summed E-state index contributed by atoms with van der Waals surface area (Å²) in [6.45, 7) is 10.3. The molecule has 2 rings (SSSR count). The van der Waals surface area contributed by atoms with Crippen LogP contribution in [0.15, 0.2) is 0 Å². The number of rotatable bonds is 1. The van der Waals surface area contributed by atoms with Gasteiger partial charge in [0.15, 0.2) is 0 Å². The third kappa shape index (κ3) is 1.91.